The number of primary amides is 1. The molecule has 0 saturated carbocycles. The zero-order valence-electron chi connectivity index (χ0n) is 10.5. The average molecular weight is 302 g/mol. The van der Waals surface area contributed by atoms with Gasteiger partial charge in [-0.15, -0.1) is 0 Å². The largest absolute Gasteiger partial charge is 0.443 e. The molecule has 2 N–H and O–H groups in total. The van der Waals surface area contributed by atoms with Crippen molar-refractivity contribution in [2.45, 2.75) is 25.9 Å². The Balaban J connectivity index is 2.35. The Bertz CT molecular complexity index is 637. The summed E-state index contributed by atoms with van der Waals surface area (Å²) in [5.41, 5.74) is 5.90. The Labute approximate surface area is 120 Å². The van der Waals surface area contributed by atoms with E-state index in [9.17, 15) is 4.79 Å². The third-order valence-electron chi connectivity index (χ3n) is 2.60. The molecule has 0 atom stereocenters. The quantitative estimate of drug-likeness (QED) is 0.886. The summed E-state index contributed by atoms with van der Waals surface area (Å²) < 4.78 is 6.58. The minimum absolute atomic E-state index is 0.439. The summed E-state index contributed by atoms with van der Waals surface area (Å²) in [5.74, 6) is 0. The number of rotatable bonds is 3. The SMILES string of the molecule is CC(C)(Cc1cc(Cl)n2ncc(Cl)c2c1)OC(N)=O. The van der Waals surface area contributed by atoms with Gasteiger partial charge in [0.1, 0.15) is 10.8 Å². The fourth-order valence-corrected chi connectivity index (χ4v) is 2.42. The minimum Gasteiger partial charge on any atom is -0.443 e. The summed E-state index contributed by atoms with van der Waals surface area (Å²) >= 11 is 12.1. The van der Waals surface area contributed by atoms with Crippen LogP contribution in [0.1, 0.15) is 19.4 Å². The lowest BCUT2D eigenvalue weighted by Crippen LogP contribution is -2.33. The molecule has 0 bridgehead atoms. The lowest BCUT2D eigenvalue weighted by Gasteiger charge is -2.24. The second kappa shape index (κ2) is 4.90. The van der Waals surface area contributed by atoms with Crippen LogP contribution in [0.25, 0.3) is 5.52 Å². The van der Waals surface area contributed by atoms with Gasteiger partial charge in [0.25, 0.3) is 0 Å². The number of pyridine rings is 1. The Morgan fingerprint density at radius 1 is 1.47 bits per heavy atom. The number of hydrogen-bond acceptors (Lipinski definition) is 3. The molecule has 1 amide bonds. The number of hydrogen-bond donors (Lipinski definition) is 1. The summed E-state index contributed by atoms with van der Waals surface area (Å²) in [4.78, 5) is 10.8. The molecular formula is C12H13Cl2N3O2. The third kappa shape index (κ3) is 3.11. The highest BCUT2D eigenvalue weighted by Gasteiger charge is 2.23. The van der Waals surface area contributed by atoms with Crippen LogP contribution in [0.4, 0.5) is 4.79 Å². The van der Waals surface area contributed by atoms with Crippen LogP contribution in [0.5, 0.6) is 0 Å². The van der Waals surface area contributed by atoms with Crippen LogP contribution in [-0.2, 0) is 11.2 Å². The van der Waals surface area contributed by atoms with Gasteiger partial charge in [0.15, 0.2) is 0 Å². The second-order valence-corrected chi connectivity index (χ2v) is 5.63. The Kier molecular flexibility index (Phi) is 3.60. The molecule has 102 valence electrons. The van der Waals surface area contributed by atoms with Crippen molar-refractivity contribution in [1.29, 1.82) is 0 Å². The first-order chi connectivity index (χ1) is 8.78. The van der Waals surface area contributed by atoms with Crippen molar-refractivity contribution in [3.8, 4) is 0 Å². The topological polar surface area (TPSA) is 69.6 Å². The molecule has 0 aromatic carbocycles. The van der Waals surface area contributed by atoms with Gasteiger partial charge < -0.3 is 10.5 Å². The Morgan fingerprint density at radius 2 is 2.16 bits per heavy atom. The molecule has 5 nitrogen and oxygen atoms in total. The maximum atomic E-state index is 10.8. The molecule has 0 saturated heterocycles. The number of nitrogens with zero attached hydrogens (tertiary/aromatic N) is 2. The zero-order chi connectivity index (χ0) is 14.2. The van der Waals surface area contributed by atoms with Crippen LogP contribution in [0.15, 0.2) is 18.3 Å². The first-order valence-corrected chi connectivity index (χ1v) is 6.34. The fourth-order valence-electron chi connectivity index (χ4n) is 1.97. The highest BCUT2D eigenvalue weighted by molar-refractivity contribution is 6.34. The van der Waals surface area contributed by atoms with Gasteiger partial charge in [-0.2, -0.15) is 5.10 Å². The highest BCUT2D eigenvalue weighted by atomic mass is 35.5. The number of carbonyl (C=O) groups is 1. The van der Waals surface area contributed by atoms with Gasteiger partial charge in [-0.1, -0.05) is 23.2 Å². The number of carbonyl (C=O) groups excluding carboxylic acids is 1. The Hall–Kier alpha value is -1.46. The van der Waals surface area contributed by atoms with Crippen LogP contribution >= 0.6 is 23.2 Å². The van der Waals surface area contributed by atoms with Crippen molar-refractivity contribution < 1.29 is 9.53 Å². The predicted molar refractivity (Wildman–Crippen MR) is 73.7 cm³/mol. The van der Waals surface area contributed by atoms with E-state index in [1.165, 1.54) is 10.7 Å². The van der Waals surface area contributed by atoms with Crippen molar-refractivity contribution in [1.82, 2.24) is 9.61 Å². The van der Waals surface area contributed by atoms with Crippen LogP contribution in [0, 0.1) is 0 Å². The number of ether oxygens (including phenoxy) is 1. The van der Waals surface area contributed by atoms with Crippen molar-refractivity contribution in [3.05, 3.63) is 34.1 Å². The van der Waals surface area contributed by atoms with Gasteiger partial charge in [-0.25, -0.2) is 9.31 Å². The molecule has 2 heterocycles. The average Bonchev–Trinajstić information content (AvgIpc) is 2.58. The van der Waals surface area contributed by atoms with Crippen LogP contribution < -0.4 is 5.73 Å². The van der Waals surface area contributed by atoms with Gasteiger partial charge in [-0.3, -0.25) is 0 Å². The van der Waals surface area contributed by atoms with Crippen LogP contribution in [-0.4, -0.2) is 21.3 Å². The smallest absolute Gasteiger partial charge is 0.405 e. The maximum Gasteiger partial charge on any atom is 0.405 e. The fraction of sp³-hybridized carbons (Fsp3) is 0.333. The molecule has 2 rings (SSSR count). The third-order valence-corrected chi connectivity index (χ3v) is 3.16. The van der Waals surface area contributed by atoms with E-state index < -0.39 is 11.7 Å². The molecule has 0 aliphatic carbocycles. The normalized spacial score (nSPS) is 11.8. The van der Waals surface area contributed by atoms with Gasteiger partial charge in [0.05, 0.1) is 16.7 Å². The number of fused-ring (bicyclic) bond motifs is 1. The summed E-state index contributed by atoms with van der Waals surface area (Å²) in [7, 11) is 0. The van der Waals surface area contributed by atoms with E-state index in [1.807, 2.05) is 6.07 Å². The van der Waals surface area contributed by atoms with Gasteiger partial charge in [-0.05, 0) is 31.5 Å². The lowest BCUT2D eigenvalue weighted by atomic mass is 9.99. The molecule has 0 unspecified atom stereocenters. The van der Waals surface area contributed by atoms with Gasteiger partial charge >= 0.3 is 6.09 Å². The molecule has 0 radical (unpaired) electrons. The maximum absolute atomic E-state index is 10.8. The lowest BCUT2D eigenvalue weighted by molar-refractivity contribution is 0.0460. The molecule has 0 aliphatic heterocycles. The summed E-state index contributed by atoms with van der Waals surface area (Å²) in [6, 6.07) is 3.61. The first-order valence-electron chi connectivity index (χ1n) is 5.58. The van der Waals surface area contributed by atoms with E-state index >= 15 is 0 Å². The number of nitrogens with two attached hydrogens (primary N) is 1. The van der Waals surface area contributed by atoms with Crippen molar-refractivity contribution >= 4 is 34.8 Å². The van der Waals surface area contributed by atoms with E-state index in [4.69, 9.17) is 33.7 Å². The van der Waals surface area contributed by atoms with Crippen LogP contribution in [0.2, 0.25) is 10.2 Å². The molecule has 0 fully saturated rings. The summed E-state index contributed by atoms with van der Waals surface area (Å²) in [6.07, 6.45) is 1.19. The molecule has 0 spiro atoms. The number of halogens is 2. The van der Waals surface area contributed by atoms with Crippen molar-refractivity contribution in [3.63, 3.8) is 0 Å². The monoisotopic (exact) mass is 301 g/mol. The van der Waals surface area contributed by atoms with E-state index in [1.54, 1.807) is 19.9 Å². The molecule has 2 aromatic rings. The standard InChI is InChI=1S/C12H13Cl2N3O2/c1-12(2,19-11(15)18)5-7-3-9-8(13)6-16-17(9)10(14)4-7/h3-4,6H,5H2,1-2H3,(H2,15,18). The van der Waals surface area contributed by atoms with Crippen molar-refractivity contribution in [2.24, 2.45) is 5.73 Å². The minimum atomic E-state index is -0.806. The summed E-state index contributed by atoms with van der Waals surface area (Å²) in [5, 5.41) is 5.00. The highest BCUT2D eigenvalue weighted by Crippen LogP contribution is 2.25. The van der Waals surface area contributed by atoms with Crippen molar-refractivity contribution in [2.75, 3.05) is 0 Å². The molecule has 19 heavy (non-hydrogen) atoms. The summed E-state index contributed by atoms with van der Waals surface area (Å²) in [6.45, 7) is 3.54. The number of aromatic nitrogens is 2. The van der Waals surface area contributed by atoms with E-state index in [-0.39, 0.29) is 0 Å². The second-order valence-electron chi connectivity index (χ2n) is 4.83. The molecule has 0 aliphatic rings. The number of amides is 1. The molecule has 7 heteroatoms. The zero-order valence-corrected chi connectivity index (χ0v) is 12.0. The Morgan fingerprint density at radius 3 is 2.79 bits per heavy atom. The molecule has 2 aromatic heterocycles. The van der Waals surface area contributed by atoms with Gasteiger partial charge in [0, 0.05) is 6.42 Å². The predicted octanol–water partition coefficient (Wildman–Crippen LogP) is 3.06. The molecular weight excluding hydrogens is 289 g/mol. The van der Waals surface area contributed by atoms with E-state index in [0.29, 0.717) is 22.1 Å². The van der Waals surface area contributed by atoms with Crippen LogP contribution in [0.3, 0.4) is 0 Å². The van der Waals surface area contributed by atoms with E-state index in [2.05, 4.69) is 5.10 Å². The van der Waals surface area contributed by atoms with E-state index in [0.717, 1.165) is 5.56 Å². The first kappa shape index (κ1) is 14.0. The van der Waals surface area contributed by atoms with Gasteiger partial charge in [0.2, 0.25) is 0 Å².